The minimum atomic E-state index is -0.396. The van der Waals surface area contributed by atoms with Gasteiger partial charge in [0.2, 0.25) is 11.8 Å². The molecule has 1 aromatic rings. The lowest BCUT2D eigenvalue weighted by Crippen LogP contribution is -2.50. The fourth-order valence-corrected chi connectivity index (χ4v) is 4.26. The van der Waals surface area contributed by atoms with Crippen LogP contribution in [0.1, 0.15) is 30.0 Å². The van der Waals surface area contributed by atoms with Gasteiger partial charge in [-0.1, -0.05) is 0 Å². The van der Waals surface area contributed by atoms with Crippen LogP contribution in [-0.2, 0) is 20.9 Å². The Hall–Kier alpha value is -1.47. The second-order valence-electron chi connectivity index (χ2n) is 6.47. The van der Waals surface area contributed by atoms with Gasteiger partial charge in [-0.2, -0.15) is 0 Å². The molecular weight excluding hydrogens is 314 g/mol. The molecule has 1 aromatic heterocycles. The highest BCUT2D eigenvalue weighted by Crippen LogP contribution is 2.40. The van der Waals surface area contributed by atoms with Gasteiger partial charge in [0.15, 0.2) is 0 Å². The van der Waals surface area contributed by atoms with Crippen LogP contribution in [0.2, 0.25) is 0 Å². The largest absolute Gasteiger partial charge is 0.375 e. The number of ether oxygens (including phenoxy) is 1. The Balaban J connectivity index is 1.68. The van der Waals surface area contributed by atoms with Gasteiger partial charge in [-0.3, -0.25) is 9.59 Å². The van der Waals surface area contributed by atoms with E-state index < -0.39 is 5.41 Å². The standard InChI is InChI=1S/C16H23N3O3S/c1-12-17-13(10-23-12)8-18-7-5-16(15(18)21)4-3-6-19(11-16)14(20)9-22-2/h10H,3-9,11H2,1-2H3. The molecule has 2 amide bonds. The summed E-state index contributed by atoms with van der Waals surface area (Å²) in [6.45, 7) is 4.65. The van der Waals surface area contributed by atoms with Crippen molar-refractivity contribution in [2.75, 3.05) is 33.4 Å². The van der Waals surface area contributed by atoms with Crippen molar-refractivity contribution < 1.29 is 14.3 Å². The number of thiazole rings is 1. The number of amides is 2. The van der Waals surface area contributed by atoms with Crippen LogP contribution in [0.5, 0.6) is 0 Å². The molecule has 1 spiro atoms. The van der Waals surface area contributed by atoms with Crippen molar-refractivity contribution in [2.24, 2.45) is 5.41 Å². The summed E-state index contributed by atoms with van der Waals surface area (Å²) in [5.74, 6) is 0.158. The van der Waals surface area contributed by atoms with Crippen LogP contribution < -0.4 is 0 Å². The van der Waals surface area contributed by atoms with Crippen molar-refractivity contribution >= 4 is 23.2 Å². The maximum absolute atomic E-state index is 13.0. The third-order valence-electron chi connectivity index (χ3n) is 4.82. The zero-order valence-corrected chi connectivity index (χ0v) is 14.5. The Morgan fingerprint density at radius 3 is 2.96 bits per heavy atom. The second-order valence-corrected chi connectivity index (χ2v) is 7.53. The number of methoxy groups -OCH3 is 1. The molecule has 1 atom stereocenters. The van der Waals surface area contributed by atoms with Crippen LogP contribution in [0.25, 0.3) is 0 Å². The van der Waals surface area contributed by atoms with Gasteiger partial charge in [0.05, 0.1) is 22.7 Å². The quantitative estimate of drug-likeness (QED) is 0.834. The van der Waals surface area contributed by atoms with E-state index >= 15 is 0 Å². The van der Waals surface area contributed by atoms with Crippen LogP contribution in [-0.4, -0.2) is 59.9 Å². The van der Waals surface area contributed by atoms with E-state index in [0.29, 0.717) is 13.1 Å². The monoisotopic (exact) mass is 337 g/mol. The molecule has 0 bridgehead atoms. The Bertz CT molecular complexity index is 603. The number of likely N-dealkylation sites (tertiary alicyclic amines) is 2. The first-order valence-corrected chi connectivity index (χ1v) is 8.89. The summed E-state index contributed by atoms with van der Waals surface area (Å²) in [7, 11) is 1.52. The molecule has 2 aliphatic rings. The van der Waals surface area contributed by atoms with Gasteiger partial charge in [0.25, 0.3) is 0 Å². The number of carbonyl (C=O) groups is 2. The van der Waals surface area contributed by atoms with Gasteiger partial charge in [0.1, 0.15) is 6.61 Å². The molecule has 1 unspecified atom stereocenters. The molecule has 23 heavy (non-hydrogen) atoms. The highest BCUT2D eigenvalue weighted by atomic mass is 32.1. The molecule has 2 aliphatic heterocycles. The van der Waals surface area contributed by atoms with Crippen molar-refractivity contribution in [3.63, 3.8) is 0 Å². The zero-order valence-electron chi connectivity index (χ0n) is 13.7. The van der Waals surface area contributed by atoms with E-state index in [9.17, 15) is 9.59 Å². The molecular formula is C16H23N3O3S. The van der Waals surface area contributed by atoms with Crippen molar-refractivity contribution in [3.05, 3.63) is 16.1 Å². The number of hydrogen-bond acceptors (Lipinski definition) is 5. The molecule has 0 radical (unpaired) electrons. The molecule has 6 nitrogen and oxygen atoms in total. The summed E-state index contributed by atoms with van der Waals surface area (Å²) in [4.78, 5) is 33.2. The van der Waals surface area contributed by atoms with E-state index in [-0.39, 0.29) is 18.4 Å². The zero-order chi connectivity index (χ0) is 16.4. The second kappa shape index (κ2) is 6.57. The molecule has 0 aliphatic carbocycles. The van der Waals surface area contributed by atoms with Crippen LogP contribution in [0.15, 0.2) is 5.38 Å². The summed E-state index contributed by atoms with van der Waals surface area (Å²) in [5, 5.41) is 3.04. The number of rotatable bonds is 4. The minimum absolute atomic E-state index is 0.0204. The molecule has 2 fully saturated rings. The smallest absolute Gasteiger partial charge is 0.248 e. The summed E-state index contributed by atoms with van der Waals surface area (Å²) in [6, 6.07) is 0. The Morgan fingerprint density at radius 2 is 2.26 bits per heavy atom. The Labute approximate surface area is 140 Å². The summed E-state index contributed by atoms with van der Waals surface area (Å²) in [5.41, 5.74) is 0.563. The molecule has 0 aromatic carbocycles. The van der Waals surface area contributed by atoms with Crippen LogP contribution in [0, 0.1) is 12.3 Å². The Morgan fingerprint density at radius 1 is 1.43 bits per heavy atom. The normalized spacial score (nSPS) is 24.7. The van der Waals surface area contributed by atoms with Gasteiger partial charge in [-0.15, -0.1) is 11.3 Å². The highest BCUT2D eigenvalue weighted by molar-refractivity contribution is 7.09. The van der Waals surface area contributed by atoms with E-state index in [0.717, 1.165) is 43.1 Å². The highest BCUT2D eigenvalue weighted by Gasteiger charge is 2.49. The van der Waals surface area contributed by atoms with Crippen molar-refractivity contribution in [1.29, 1.82) is 0 Å². The lowest BCUT2D eigenvalue weighted by molar-refractivity contribution is -0.145. The van der Waals surface area contributed by atoms with Crippen LogP contribution >= 0.6 is 11.3 Å². The van der Waals surface area contributed by atoms with E-state index in [2.05, 4.69) is 4.98 Å². The maximum atomic E-state index is 13.0. The van der Waals surface area contributed by atoms with Crippen molar-refractivity contribution in [3.8, 4) is 0 Å². The van der Waals surface area contributed by atoms with Crippen molar-refractivity contribution in [2.45, 2.75) is 32.7 Å². The third kappa shape index (κ3) is 3.26. The first-order chi connectivity index (χ1) is 11.0. The van der Waals surface area contributed by atoms with Gasteiger partial charge >= 0.3 is 0 Å². The molecule has 3 rings (SSSR count). The number of piperidine rings is 1. The molecule has 0 N–H and O–H groups in total. The molecule has 0 saturated carbocycles. The maximum Gasteiger partial charge on any atom is 0.248 e. The van der Waals surface area contributed by atoms with Gasteiger partial charge in [0, 0.05) is 32.1 Å². The Kier molecular flexibility index (Phi) is 4.68. The van der Waals surface area contributed by atoms with Gasteiger partial charge in [-0.05, 0) is 26.2 Å². The molecule has 7 heteroatoms. The fourth-order valence-electron chi connectivity index (χ4n) is 3.66. The average molecular weight is 337 g/mol. The van der Waals surface area contributed by atoms with Crippen LogP contribution in [0.3, 0.4) is 0 Å². The van der Waals surface area contributed by atoms with E-state index in [1.54, 1.807) is 16.2 Å². The van der Waals surface area contributed by atoms with Gasteiger partial charge in [-0.25, -0.2) is 4.98 Å². The van der Waals surface area contributed by atoms with Crippen molar-refractivity contribution in [1.82, 2.24) is 14.8 Å². The fraction of sp³-hybridized carbons (Fsp3) is 0.688. The molecule has 3 heterocycles. The first-order valence-electron chi connectivity index (χ1n) is 8.01. The average Bonchev–Trinajstić information content (AvgIpc) is 3.07. The number of aryl methyl sites for hydroxylation is 1. The van der Waals surface area contributed by atoms with Gasteiger partial charge < -0.3 is 14.5 Å². The number of aromatic nitrogens is 1. The predicted octanol–water partition coefficient (Wildman–Crippen LogP) is 1.44. The topological polar surface area (TPSA) is 62.7 Å². The van der Waals surface area contributed by atoms with E-state index in [1.807, 2.05) is 17.2 Å². The third-order valence-corrected chi connectivity index (χ3v) is 5.64. The lowest BCUT2D eigenvalue weighted by atomic mass is 9.78. The molecule has 126 valence electrons. The SMILES string of the molecule is COCC(=O)N1CCCC2(CCN(Cc3csc(C)n3)C2=O)C1. The van der Waals surface area contributed by atoms with E-state index in [4.69, 9.17) is 4.74 Å². The summed E-state index contributed by atoms with van der Waals surface area (Å²) >= 11 is 1.61. The van der Waals surface area contributed by atoms with E-state index in [1.165, 1.54) is 7.11 Å². The minimum Gasteiger partial charge on any atom is -0.375 e. The molecule has 2 saturated heterocycles. The number of carbonyl (C=O) groups excluding carboxylic acids is 2. The number of nitrogens with zero attached hydrogens (tertiary/aromatic N) is 3. The number of hydrogen-bond donors (Lipinski definition) is 0. The lowest BCUT2D eigenvalue weighted by Gasteiger charge is -2.39. The summed E-state index contributed by atoms with van der Waals surface area (Å²) in [6.07, 6.45) is 2.58. The summed E-state index contributed by atoms with van der Waals surface area (Å²) < 4.78 is 4.94. The predicted molar refractivity (Wildman–Crippen MR) is 87.0 cm³/mol. The first kappa shape index (κ1) is 16.4. The van der Waals surface area contributed by atoms with Crippen LogP contribution in [0.4, 0.5) is 0 Å².